The van der Waals surface area contributed by atoms with Crippen molar-refractivity contribution < 1.29 is 0 Å². The molecule has 3 aromatic rings. The minimum absolute atomic E-state index is 0.381. The average Bonchev–Trinajstić information content (AvgIpc) is 3.32. The summed E-state index contributed by atoms with van der Waals surface area (Å²) in [5.74, 6) is 0.835. The number of rotatable bonds is 5. The molecule has 4 rings (SSSR count). The van der Waals surface area contributed by atoms with E-state index in [9.17, 15) is 0 Å². The highest BCUT2D eigenvalue weighted by Gasteiger charge is 2.28. The van der Waals surface area contributed by atoms with Crippen LogP contribution in [-0.4, -0.2) is 31.4 Å². The number of imidazole rings is 1. The zero-order valence-electron chi connectivity index (χ0n) is 13.6. The highest BCUT2D eigenvalue weighted by Crippen LogP contribution is 2.34. The maximum atomic E-state index is 4.79. The first-order chi connectivity index (χ1) is 11.8. The predicted molar refractivity (Wildman–Crippen MR) is 95.3 cm³/mol. The van der Waals surface area contributed by atoms with Gasteiger partial charge in [-0.3, -0.25) is 4.90 Å². The van der Waals surface area contributed by atoms with Crippen molar-refractivity contribution in [2.24, 2.45) is 0 Å². The van der Waals surface area contributed by atoms with Crippen LogP contribution >= 0.6 is 11.3 Å². The van der Waals surface area contributed by atoms with Gasteiger partial charge in [-0.2, -0.15) is 0 Å². The van der Waals surface area contributed by atoms with E-state index in [2.05, 4.69) is 30.5 Å². The topological polar surface area (TPSA) is 69.7 Å². The Balaban J connectivity index is 1.46. The van der Waals surface area contributed by atoms with Gasteiger partial charge in [-0.1, -0.05) is 6.07 Å². The lowest BCUT2D eigenvalue weighted by Gasteiger charge is -2.22. The van der Waals surface area contributed by atoms with Crippen molar-refractivity contribution in [1.29, 1.82) is 0 Å². The summed E-state index contributed by atoms with van der Waals surface area (Å²) in [5, 5.41) is 6.35. The fourth-order valence-electron chi connectivity index (χ4n) is 3.09. The van der Waals surface area contributed by atoms with Crippen molar-refractivity contribution >= 4 is 22.3 Å². The van der Waals surface area contributed by atoms with Crippen LogP contribution in [0.4, 0.5) is 10.9 Å². The molecule has 2 N–H and O–H groups in total. The highest BCUT2D eigenvalue weighted by molar-refractivity contribution is 7.13. The molecule has 0 saturated carbocycles. The van der Waals surface area contributed by atoms with E-state index in [1.54, 1.807) is 17.7 Å². The lowest BCUT2D eigenvalue weighted by molar-refractivity contribution is 0.242. The van der Waals surface area contributed by atoms with E-state index in [-0.39, 0.29) is 0 Å². The maximum absolute atomic E-state index is 4.79. The maximum Gasteiger partial charge on any atom is 0.188 e. The molecule has 0 amide bonds. The van der Waals surface area contributed by atoms with E-state index in [0.29, 0.717) is 6.04 Å². The summed E-state index contributed by atoms with van der Waals surface area (Å²) in [5.41, 5.74) is 3.45. The number of thiazole rings is 1. The molecule has 1 atom stereocenters. The molecule has 0 aromatic carbocycles. The molecular weight excluding hydrogens is 320 g/mol. The Bertz CT molecular complexity index is 780. The van der Waals surface area contributed by atoms with Crippen molar-refractivity contribution in [3.05, 3.63) is 53.2 Å². The molecule has 0 bridgehead atoms. The van der Waals surface area contributed by atoms with Gasteiger partial charge in [0.25, 0.3) is 0 Å². The Hall–Kier alpha value is -2.25. The summed E-state index contributed by atoms with van der Waals surface area (Å²) in [4.78, 5) is 18.9. The predicted octanol–water partition coefficient (Wildman–Crippen LogP) is 3.65. The Morgan fingerprint density at radius 2 is 2.33 bits per heavy atom. The molecule has 124 valence electrons. The second-order valence-electron chi connectivity index (χ2n) is 6.13. The van der Waals surface area contributed by atoms with Crippen molar-refractivity contribution in [1.82, 2.24) is 24.8 Å². The largest absolute Gasteiger partial charge is 0.347 e. The van der Waals surface area contributed by atoms with Gasteiger partial charge in [0.15, 0.2) is 5.13 Å². The third-order valence-electron chi connectivity index (χ3n) is 4.30. The van der Waals surface area contributed by atoms with Crippen molar-refractivity contribution in [2.75, 3.05) is 11.9 Å². The first-order valence-electron chi connectivity index (χ1n) is 8.14. The zero-order chi connectivity index (χ0) is 16.4. The lowest BCUT2D eigenvalue weighted by atomic mass is 10.1. The molecule has 4 heterocycles. The highest BCUT2D eigenvalue weighted by atomic mass is 32.1. The van der Waals surface area contributed by atoms with Gasteiger partial charge in [-0.05, 0) is 37.9 Å². The van der Waals surface area contributed by atoms with E-state index in [0.717, 1.165) is 47.4 Å². The number of nitrogens with zero attached hydrogens (tertiary/aromatic N) is 4. The molecule has 1 unspecified atom stereocenters. The SMILES string of the molecule is Cc1ccc(Nc2nc(C3CCCN3Cc3cnc[nH]3)cs2)nc1. The number of aromatic nitrogens is 4. The van der Waals surface area contributed by atoms with E-state index in [4.69, 9.17) is 4.98 Å². The Morgan fingerprint density at radius 1 is 1.38 bits per heavy atom. The standard InChI is InChI=1S/C17H20N6S/c1-12-4-5-16(19-7-12)22-17-21-14(10-24-17)15-3-2-6-23(15)9-13-8-18-11-20-13/h4-5,7-8,10-11,15H,2-3,6,9H2,1H3,(H,18,20)(H,19,21,22). The summed E-state index contributed by atoms with van der Waals surface area (Å²) in [7, 11) is 0. The van der Waals surface area contributed by atoms with Crippen LogP contribution in [0.15, 0.2) is 36.2 Å². The molecule has 6 nitrogen and oxygen atoms in total. The summed E-state index contributed by atoms with van der Waals surface area (Å²) in [6, 6.07) is 4.41. The van der Waals surface area contributed by atoms with E-state index in [1.165, 1.54) is 6.42 Å². The number of aromatic amines is 1. The normalized spacial score (nSPS) is 18.1. The van der Waals surface area contributed by atoms with Crippen molar-refractivity contribution in [3.8, 4) is 0 Å². The van der Waals surface area contributed by atoms with Gasteiger partial charge in [-0.15, -0.1) is 11.3 Å². The number of H-pyrrole nitrogens is 1. The van der Waals surface area contributed by atoms with Gasteiger partial charge in [0.1, 0.15) is 5.82 Å². The Morgan fingerprint density at radius 3 is 3.12 bits per heavy atom. The van der Waals surface area contributed by atoms with Crippen LogP contribution in [0, 0.1) is 6.92 Å². The van der Waals surface area contributed by atoms with E-state index < -0.39 is 0 Å². The number of pyridine rings is 1. The smallest absolute Gasteiger partial charge is 0.188 e. The summed E-state index contributed by atoms with van der Waals surface area (Å²) >= 11 is 1.64. The molecule has 1 aliphatic rings. The number of aryl methyl sites for hydroxylation is 1. The number of anilines is 2. The van der Waals surface area contributed by atoms with Gasteiger partial charge in [0.05, 0.1) is 18.1 Å². The fourth-order valence-corrected chi connectivity index (χ4v) is 3.85. The summed E-state index contributed by atoms with van der Waals surface area (Å²) in [6.07, 6.45) is 7.85. The summed E-state index contributed by atoms with van der Waals surface area (Å²) < 4.78 is 0. The Labute approximate surface area is 145 Å². The molecule has 0 aliphatic carbocycles. The molecule has 1 saturated heterocycles. The number of likely N-dealkylation sites (tertiary alicyclic amines) is 1. The molecule has 7 heteroatoms. The molecule has 1 fully saturated rings. The molecule has 0 spiro atoms. The second kappa shape index (κ2) is 6.70. The van der Waals surface area contributed by atoms with Crippen LogP contribution in [0.5, 0.6) is 0 Å². The first-order valence-corrected chi connectivity index (χ1v) is 9.02. The fraction of sp³-hybridized carbons (Fsp3) is 0.353. The Kier molecular flexibility index (Phi) is 4.27. The van der Waals surface area contributed by atoms with Gasteiger partial charge >= 0.3 is 0 Å². The van der Waals surface area contributed by atoms with Crippen LogP contribution in [0.1, 0.15) is 35.8 Å². The first kappa shape index (κ1) is 15.3. The monoisotopic (exact) mass is 340 g/mol. The van der Waals surface area contributed by atoms with Crippen LogP contribution in [-0.2, 0) is 6.54 Å². The molecule has 24 heavy (non-hydrogen) atoms. The van der Waals surface area contributed by atoms with E-state index in [1.807, 2.05) is 31.5 Å². The van der Waals surface area contributed by atoms with Crippen LogP contribution in [0.3, 0.4) is 0 Å². The zero-order valence-corrected chi connectivity index (χ0v) is 14.4. The van der Waals surface area contributed by atoms with Crippen LogP contribution in [0.25, 0.3) is 0 Å². The van der Waals surface area contributed by atoms with E-state index >= 15 is 0 Å². The van der Waals surface area contributed by atoms with Gasteiger partial charge < -0.3 is 10.3 Å². The van der Waals surface area contributed by atoms with Crippen LogP contribution in [0.2, 0.25) is 0 Å². The number of nitrogens with one attached hydrogen (secondary N) is 2. The van der Waals surface area contributed by atoms with Crippen molar-refractivity contribution in [3.63, 3.8) is 0 Å². The lowest BCUT2D eigenvalue weighted by Crippen LogP contribution is -2.23. The van der Waals surface area contributed by atoms with Crippen LogP contribution < -0.4 is 5.32 Å². The number of hydrogen-bond donors (Lipinski definition) is 2. The average molecular weight is 340 g/mol. The third kappa shape index (κ3) is 3.32. The minimum Gasteiger partial charge on any atom is -0.347 e. The molecule has 1 aliphatic heterocycles. The van der Waals surface area contributed by atoms with Gasteiger partial charge in [-0.25, -0.2) is 15.0 Å². The summed E-state index contributed by atoms with van der Waals surface area (Å²) in [6.45, 7) is 4.03. The van der Waals surface area contributed by atoms with Gasteiger partial charge in [0.2, 0.25) is 0 Å². The van der Waals surface area contributed by atoms with Crippen molar-refractivity contribution in [2.45, 2.75) is 32.4 Å². The minimum atomic E-state index is 0.381. The number of hydrogen-bond acceptors (Lipinski definition) is 6. The van der Waals surface area contributed by atoms with Gasteiger partial charge in [0, 0.05) is 30.0 Å². The second-order valence-corrected chi connectivity index (χ2v) is 6.99. The molecule has 0 radical (unpaired) electrons. The quantitative estimate of drug-likeness (QED) is 0.742. The molecular formula is C17H20N6S. The molecule has 3 aromatic heterocycles. The third-order valence-corrected chi connectivity index (χ3v) is 5.08.